The van der Waals surface area contributed by atoms with Gasteiger partial charge < -0.3 is 23.5 Å². The molecule has 7 heteroatoms. The molecule has 1 aromatic heterocycles. The largest absolute Gasteiger partial charge is 0.486 e. The highest BCUT2D eigenvalue weighted by Gasteiger charge is 2.32. The van der Waals surface area contributed by atoms with Crippen LogP contribution >= 0.6 is 15.9 Å². The number of ether oxygens (including phenoxy) is 3. The number of furan rings is 1. The van der Waals surface area contributed by atoms with Crippen molar-refractivity contribution in [2.75, 3.05) is 26.3 Å². The molecular weight excluding hydrogens is 414 g/mol. The lowest BCUT2D eigenvalue weighted by Crippen LogP contribution is -2.41. The predicted molar refractivity (Wildman–Crippen MR) is 102 cm³/mol. The van der Waals surface area contributed by atoms with Crippen LogP contribution in [-0.2, 0) is 16.1 Å². The molecule has 1 amide bonds. The zero-order valence-corrected chi connectivity index (χ0v) is 16.5. The minimum absolute atomic E-state index is 0.0726. The molecule has 2 aliphatic rings. The maximum atomic E-state index is 12.7. The number of hydrogen-bond donors (Lipinski definition) is 0. The molecule has 0 bridgehead atoms. The van der Waals surface area contributed by atoms with Crippen LogP contribution < -0.4 is 4.74 Å². The predicted octanol–water partition coefficient (Wildman–Crippen LogP) is 3.85. The van der Waals surface area contributed by atoms with Crippen LogP contribution in [0, 0.1) is 5.92 Å². The smallest absolute Gasteiger partial charge is 0.289 e. The lowest BCUT2D eigenvalue weighted by atomic mass is 9.96. The van der Waals surface area contributed by atoms with Gasteiger partial charge in [-0.2, -0.15) is 0 Å². The first-order valence-electron chi connectivity index (χ1n) is 9.18. The monoisotopic (exact) mass is 435 g/mol. The van der Waals surface area contributed by atoms with E-state index in [4.69, 9.17) is 18.6 Å². The Balaban J connectivity index is 1.29. The Morgan fingerprint density at radius 1 is 1.07 bits per heavy atom. The summed E-state index contributed by atoms with van der Waals surface area (Å²) in [6, 6.07) is 11.1. The fourth-order valence-corrected chi connectivity index (χ4v) is 3.70. The van der Waals surface area contributed by atoms with Gasteiger partial charge in [0, 0.05) is 23.5 Å². The third kappa shape index (κ3) is 4.54. The van der Waals surface area contributed by atoms with Crippen LogP contribution in [0.3, 0.4) is 0 Å². The summed E-state index contributed by atoms with van der Waals surface area (Å²) < 4.78 is 23.6. The number of piperidine rings is 1. The Kier molecular flexibility index (Phi) is 5.80. The van der Waals surface area contributed by atoms with Crippen molar-refractivity contribution in [3.63, 3.8) is 0 Å². The van der Waals surface area contributed by atoms with Crippen LogP contribution in [0.5, 0.6) is 5.75 Å². The summed E-state index contributed by atoms with van der Waals surface area (Å²) in [6.07, 6.45) is 1.67. The van der Waals surface area contributed by atoms with E-state index >= 15 is 0 Å². The normalized spacial score (nSPS) is 18.8. The quantitative estimate of drug-likeness (QED) is 0.713. The van der Waals surface area contributed by atoms with Gasteiger partial charge in [0.15, 0.2) is 12.1 Å². The van der Waals surface area contributed by atoms with E-state index in [9.17, 15) is 4.79 Å². The van der Waals surface area contributed by atoms with Gasteiger partial charge in [0.1, 0.15) is 18.1 Å². The van der Waals surface area contributed by atoms with Gasteiger partial charge in [0.25, 0.3) is 5.91 Å². The lowest BCUT2D eigenvalue weighted by molar-refractivity contribution is -0.0956. The standard InChI is InChI=1S/C20H22BrNO5/c21-15-1-3-16(4-2-15)26-13-17-5-6-18(27-17)19(23)22-9-7-14(8-10-22)20-24-11-12-25-20/h1-6,14,20H,7-13H2. The average Bonchev–Trinajstić information content (AvgIpc) is 3.39. The summed E-state index contributed by atoms with van der Waals surface area (Å²) in [5.41, 5.74) is 0. The molecule has 2 fully saturated rings. The van der Waals surface area contributed by atoms with Crippen molar-refractivity contribution < 1.29 is 23.4 Å². The van der Waals surface area contributed by atoms with Crippen molar-refractivity contribution in [2.24, 2.45) is 5.92 Å². The van der Waals surface area contributed by atoms with Gasteiger partial charge in [-0.15, -0.1) is 0 Å². The van der Waals surface area contributed by atoms with E-state index in [1.54, 1.807) is 12.1 Å². The molecule has 0 N–H and O–H groups in total. The topological polar surface area (TPSA) is 61.1 Å². The maximum Gasteiger partial charge on any atom is 0.289 e. The van der Waals surface area contributed by atoms with E-state index in [1.165, 1.54) is 0 Å². The Morgan fingerprint density at radius 2 is 1.78 bits per heavy atom. The van der Waals surface area contributed by atoms with Crippen molar-refractivity contribution >= 4 is 21.8 Å². The maximum absolute atomic E-state index is 12.7. The van der Waals surface area contributed by atoms with Crippen molar-refractivity contribution in [1.29, 1.82) is 0 Å². The second kappa shape index (κ2) is 8.46. The molecule has 3 heterocycles. The molecule has 2 saturated heterocycles. The average molecular weight is 436 g/mol. The Hall–Kier alpha value is -1.83. The van der Waals surface area contributed by atoms with Crippen molar-refractivity contribution in [3.8, 4) is 5.75 Å². The van der Waals surface area contributed by atoms with E-state index in [0.717, 1.165) is 23.1 Å². The molecule has 144 valence electrons. The first-order chi connectivity index (χ1) is 13.2. The molecular formula is C20H22BrNO5. The minimum atomic E-state index is -0.103. The van der Waals surface area contributed by atoms with Crippen LogP contribution in [-0.4, -0.2) is 43.4 Å². The van der Waals surface area contributed by atoms with Crippen LogP contribution in [0.4, 0.5) is 0 Å². The third-order valence-corrected chi connectivity index (χ3v) is 5.46. The van der Waals surface area contributed by atoms with E-state index in [2.05, 4.69) is 15.9 Å². The van der Waals surface area contributed by atoms with Gasteiger partial charge in [-0.3, -0.25) is 4.79 Å². The zero-order chi connectivity index (χ0) is 18.6. The summed E-state index contributed by atoms with van der Waals surface area (Å²) in [6.45, 7) is 3.01. The molecule has 0 unspecified atom stereocenters. The molecule has 0 radical (unpaired) electrons. The van der Waals surface area contributed by atoms with Gasteiger partial charge in [0.2, 0.25) is 0 Å². The fraction of sp³-hybridized carbons (Fsp3) is 0.450. The molecule has 6 nitrogen and oxygen atoms in total. The van der Waals surface area contributed by atoms with E-state index in [1.807, 2.05) is 29.2 Å². The van der Waals surface area contributed by atoms with Gasteiger partial charge >= 0.3 is 0 Å². The first-order valence-corrected chi connectivity index (χ1v) is 9.98. The first kappa shape index (κ1) is 18.5. The fourth-order valence-electron chi connectivity index (χ4n) is 3.44. The third-order valence-electron chi connectivity index (χ3n) is 4.93. The van der Waals surface area contributed by atoms with Gasteiger partial charge in [-0.25, -0.2) is 0 Å². The molecule has 0 spiro atoms. The van der Waals surface area contributed by atoms with Crippen LogP contribution in [0.15, 0.2) is 45.3 Å². The van der Waals surface area contributed by atoms with Crippen molar-refractivity contribution in [2.45, 2.75) is 25.7 Å². The summed E-state index contributed by atoms with van der Waals surface area (Å²) in [5.74, 6) is 2.03. The van der Waals surface area contributed by atoms with E-state index < -0.39 is 0 Å². The van der Waals surface area contributed by atoms with Crippen molar-refractivity contribution in [1.82, 2.24) is 4.90 Å². The SMILES string of the molecule is O=C(c1ccc(COc2ccc(Br)cc2)o1)N1CCC(C2OCCO2)CC1. The van der Waals surface area contributed by atoms with Crippen molar-refractivity contribution in [3.05, 3.63) is 52.4 Å². The summed E-state index contributed by atoms with van der Waals surface area (Å²) in [7, 11) is 0. The molecule has 0 saturated carbocycles. The number of amides is 1. The van der Waals surface area contributed by atoms with Crippen LogP contribution in [0.1, 0.15) is 29.2 Å². The molecule has 1 aromatic carbocycles. The number of benzene rings is 1. The van der Waals surface area contributed by atoms with E-state index in [-0.39, 0.29) is 18.8 Å². The molecule has 0 atom stereocenters. The van der Waals surface area contributed by atoms with Gasteiger partial charge in [-0.1, -0.05) is 15.9 Å². The van der Waals surface area contributed by atoms with Gasteiger partial charge in [0.05, 0.1) is 13.2 Å². The molecule has 2 aromatic rings. The van der Waals surface area contributed by atoms with Crippen LogP contribution in [0.2, 0.25) is 0 Å². The zero-order valence-electron chi connectivity index (χ0n) is 14.9. The Morgan fingerprint density at radius 3 is 2.48 bits per heavy atom. The lowest BCUT2D eigenvalue weighted by Gasteiger charge is -2.33. The number of nitrogens with zero attached hydrogens (tertiary/aromatic N) is 1. The number of halogens is 1. The summed E-state index contributed by atoms with van der Waals surface area (Å²) in [5, 5.41) is 0. The summed E-state index contributed by atoms with van der Waals surface area (Å²) >= 11 is 3.39. The number of carbonyl (C=O) groups excluding carboxylic acids is 1. The highest BCUT2D eigenvalue weighted by molar-refractivity contribution is 9.10. The molecule has 0 aliphatic carbocycles. The van der Waals surface area contributed by atoms with E-state index in [0.29, 0.717) is 43.7 Å². The summed E-state index contributed by atoms with van der Waals surface area (Å²) in [4.78, 5) is 14.5. The van der Waals surface area contributed by atoms with Gasteiger partial charge in [-0.05, 0) is 49.2 Å². The highest BCUT2D eigenvalue weighted by atomic mass is 79.9. The molecule has 2 aliphatic heterocycles. The number of likely N-dealkylation sites (tertiary alicyclic amines) is 1. The Labute approximate surface area is 166 Å². The number of hydrogen-bond acceptors (Lipinski definition) is 5. The highest BCUT2D eigenvalue weighted by Crippen LogP contribution is 2.27. The second-order valence-corrected chi connectivity index (χ2v) is 7.66. The number of rotatable bonds is 5. The van der Waals surface area contributed by atoms with Crippen LogP contribution in [0.25, 0.3) is 0 Å². The molecule has 4 rings (SSSR count). The number of carbonyl (C=O) groups is 1. The Bertz CT molecular complexity index is 761. The molecule has 27 heavy (non-hydrogen) atoms. The second-order valence-electron chi connectivity index (χ2n) is 6.75. The minimum Gasteiger partial charge on any atom is -0.486 e.